The number of fused-ring (bicyclic) bond motifs is 3. The highest BCUT2D eigenvalue weighted by Crippen LogP contribution is 2.53. The predicted octanol–water partition coefficient (Wildman–Crippen LogP) is 19.7. The predicted molar refractivity (Wildman–Crippen MR) is 410 cm³/mol. The second-order valence-corrected chi connectivity index (χ2v) is 28.3. The van der Waals surface area contributed by atoms with Gasteiger partial charge in [0.15, 0.2) is 5.82 Å². The Bertz CT molecular complexity index is 5480. The number of alkyl halides is 9. The van der Waals surface area contributed by atoms with Gasteiger partial charge >= 0.3 is 18.5 Å². The lowest BCUT2D eigenvalue weighted by Gasteiger charge is -2.21. The number of rotatable bonds is 12. The van der Waals surface area contributed by atoms with Crippen LogP contribution in [0.4, 0.5) is 91.2 Å². The summed E-state index contributed by atoms with van der Waals surface area (Å²) in [6, 6.07) is 51.0. The van der Waals surface area contributed by atoms with Crippen LogP contribution in [-0.4, -0.2) is 65.3 Å². The van der Waals surface area contributed by atoms with Crippen LogP contribution in [0.5, 0.6) is 0 Å². The number of nitrogens with zero attached hydrogens (tertiary/aromatic N) is 9. The summed E-state index contributed by atoms with van der Waals surface area (Å²) < 4.78 is 125. The van der Waals surface area contributed by atoms with Crippen LogP contribution in [0.3, 0.4) is 0 Å². The SMILES string of the molecule is CC1(C)C(=O)N(c2ncccn2)c2cccc(-c3ccc(C(F)(F)F)c(C(=O)Nc4ccccc4)c3)c21.Cc1ccc(NC(=O)c2cc(-c3cccc4c3C(C)(C)C(=O)N4c3ccncn3)ccc2C(F)(F)F)cc1.Cc1ccc(NC(=O)c2cc(-c3cccc4c3C(C)(C)C(=O)N4c3cnccn3)ccc2C(F)(F)F)cc1. The van der Waals surface area contributed by atoms with E-state index in [9.17, 15) is 68.3 Å². The van der Waals surface area contributed by atoms with Crippen LogP contribution >= 0.6 is 0 Å². The van der Waals surface area contributed by atoms with Crippen molar-refractivity contribution < 1.29 is 68.3 Å². The van der Waals surface area contributed by atoms with Crippen molar-refractivity contribution in [3.63, 3.8) is 0 Å². The van der Waals surface area contributed by atoms with Gasteiger partial charge in [0, 0.05) is 48.0 Å². The molecule has 27 heteroatoms. The summed E-state index contributed by atoms with van der Waals surface area (Å²) in [6.45, 7) is 14.2. The van der Waals surface area contributed by atoms with E-state index in [4.69, 9.17) is 0 Å². The molecule has 9 aromatic carbocycles. The minimum Gasteiger partial charge on any atom is -0.322 e. The number of aromatic nitrogens is 6. The average Bonchev–Trinajstić information content (AvgIpc) is 1.58. The third-order valence-corrected chi connectivity index (χ3v) is 19.6. The van der Waals surface area contributed by atoms with Crippen molar-refractivity contribution in [2.45, 2.75) is 90.2 Å². The Morgan fingerprint density at radius 2 is 0.726 bits per heavy atom. The van der Waals surface area contributed by atoms with Crippen LogP contribution in [0.2, 0.25) is 0 Å². The summed E-state index contributed by atoms with van der Waals surface area (Å²) in [7, 11) is 0. The number of hydrogen-bond donors (Lipinski definition) is 3. The van der Waals surface area contributed by atoms with Crippen LogP contribution in [-0.2, 0) is 49.2 Å². The number of amides is 6. The van der Waals surface area contributed by atoms with Gasteiger partial charge in [-0.05, 0) is 209 Å². The lowest BCUT2D eigenvalue weighted by atomic mass is 9.81. The third-order valence-electron chi connectivity index (χ3n) is 19.6. The van der Waals surface area contributed by atoms with E-state index in [-0.39, 0.29) is 23.7 Å². The molecular weight excluding hydrogens is 1470 g/mol. The average molecular weight is 1540 g/mol. The first-order chi connectivity index (χ1) is 53.5. The van der Waals surface area contributed by atoms with Gasteiger partial charge in [0.1, 0.15) is 12.1 Å². The van der Waals surface area contributed by atoms with E-state index >= 15 is 0 Å². The second kappa shape index (κ2) is 30.0. The molecule has 3 aliphatic rings. The van der Waals surface area contributed by atoms with Crippen molar-refractivity contribution in [3.05, 3.63) is 305 Å². The standard InChI is InChI=1S/2C29H23F3N4O2.C28H21F3N4O2/c1-17-7-10-19(11-8-17)35-26(37)21-15-18(9-12-22(21)29(30,31)32)20-5-4-6-23-25(20)28(2,3)27(38)36(23)24-16-33-13-14-34-24;1-17-7-10-19(11-8-17)35-26(37)21-15-18(9-12-22(21)29(30,31)32)20-5-4-6-23-25(20)28(2,3)27(38)36(23)24-13-14-33-16-34-24;1-27(2)23-19(10-6-11-22(23)35(25(27)37)26-32-14-7-15-33-26)17-12-13-21(28(29,30)31)20(16-17)24(36)34-18-8-4-3-5-9-18/h2*4-16H,1-3H3,(H,35,37);3-16H,1-2H3,(H,34,36). The van der Waals surface area contributed by atoms with E-state index < -0.39 is 85.9 Å². The molecule has 570 valence electrons. The molecule has 18 nitrogen and oxygen atoms in total. The molecule has 0 atom stereocenters. The third kappa shape index (κ3) is 15.2. The molecule has 0 unspecified atom stereocenters. The number of hydrogen-bond acceptors (Lipinski definition) is 12. The topological polar surface area (TPSA) is 226 Å². The molecule has 12 aromatic rings. The number of halogens is 9. The zero-order valence-electron chi connectivity index (χ0n) is 61.5. The number of aryl methyl sites for hydroxylation is 2. The molecule has 0 saturated heterocycles. The lowest BCUT2D eigenvalue weighted by molar-refractivity contribution is -0.138. The monoisotopic (exact) mass is 1530 g/mol. The molecule has 0 spiro atoms. The maximum absolute atomic E-state index is 13.9. The molecule has 3 aromatic heterocycles. The Hall–Kier alpha value is -13.6. The Morgan fingerprint density at radius 3 is 1.09 bits per heavy atom. The Balaban J connectivity index is 0.000000148. The van der Waals surface area contributed by atoms with E-state index in [1.165, 1.54) is 94.6 Å². The largest absolute Gasteiger partial charge is 0.417 e. The Kier molecular flexibility index (Phi) is 20.6. The molecule has 6 heterocycles. The van der Waals surface area contributed by atoms with Crippen LogP contribution in [0.15, 0.2) is 244 Å². The number of carbonyl (C=O) groups is 6. The molecule has 0 saturated carbocycles. The summed E-state index contributed by atoms with van der Waals surface area (Å²) in [5.41, 5.74) is 1.61. The van der Waals surface area contributed by atoms with Gasteiger partial charge in [-0.15, -0.1) is 0 Å². The summed E-state index contributed by atoms with van der Waals surface area (Å²) in [5.74, 6) is -2.47. The van der Waals surface area contributed by atoms with E-state index in [2.05, 4.69) is 45.9 Å². The molecule has 0 aliphatic carbocycles. The fourth-order valence-corrected chi connectivity index (χ4v) is 14.1. The minimum atomic E-state index is -4.74. The van der Waals surface area contributed by atoms with Gasteiger partial charge in [-0.25, -0.2) is 29.8 Å². The fraction of sp³-hybridized carbons (Fsp3) is 0.163. The van der Waals surface area contributed by atoms with Crippen molar-refractivity contribution in [1.82, 2.24) is 29.9 Å². The number of anilines is 9. The van der Waals surface area contributed by atoms with E-state index in [1.54, 1.807) is 187 Å². The minimum absolute atomic E-state index is 0.201. The summed E-state index contributed by atoms with van der Waals surface area (Å²) in [6.07, 6.45) is -3.85. The van der Waals surface area contributed by atoms with Crippen molar-refractivity contribution in [3.8, 4) is 33.4 Å². The lowest BCUT2D eigenvalue weighted by Crippen LogP contribution is -2.34. The number of para-hydroxylation sites is 1. The van der Waals surface area contributed by atoms with Crippen molar-refractivity contribution in [2.24, 2.45) is 0 Å². The van der Waals surface area contributed by atoms with Crippen molar-refractivity contribution >= 4 is 87.2 Å². The highest BCUT2D eigenvalue weighted by atomic mass is 19.4. The van der Waals surface area contributed by atoms with Gasteiger partial charge in [-0.2, -0.15) is 39.5 Å². The number of benzene rings is 9. The molecule has 0 radical (unpaired) electrons. The van der Waals surface area contributed by atoms with Gasteiger partial charge in [0.2, 0.25) is 23.7 Å². The maximum atomic E-state index is 13.9. The van der Waals surface area contributed by atoms with Crippen LogP contribution in [0.1, 0.15) is 117 Å². The molecule has 113 heavy (non-hydrogen) atoms. The van der Waals surface area contributed by atoms with Gasteiger partial charge in [-0.3, -0.25) is 43.6 Å². The van der Waals surface area contributed by atoms with Crippen molar-refractivity contribution in [1.29, 1.82) is 0 Å². The van der Waals surface area contributed by atoms with E-state index in [0.29, 0.717) is 95.8 Å². The molecule has 0 bridgehead atoms. The normalized spacial score (nSPS) is 14.4. The van der Waals surface area contributed by atoms with E-state index in [1.807, 2.05) is 13.8 Å². The quantitative estimate of drug-likeness (QED) is 0.0971. The summed E-state index contributed by atoms with van der Waals surface area (Å²) in [4.78, 5) is 109. The fourth-order valence-electron chi connectivity index (χ4n) is 14.1. The number of carbonyl (C=O) groups excluding carboxylic acids is 6. The molecule has 15 rings (SSSR count). The van der Waals surface area contributed by atoms with Gasteiger partial charge < -0.3 is 16.0 Å². The van der Waals surface area contributed by atoms with Gasteiger partial charge in [-0.1, -0.05) is 108 Å². The van der Waals surface area contributed by atoms with E-state index in [0.717, 1.165) is 29.3 Å². The molecule has 6 amide bonds. The van der Waals surface area contributed by atoms with Crippen molar-refractivity contribution in [2.75, 3.05) is 30.7 Å². The first-order valence-electron chi connectivity index (χ1n) is 35.1. The van der Waals surface area contributed by atoms with Crippen LogP contribution in [0, 0.1) is 13.8 Å². The first kappa shape index (κ1) is 77.6. The Morgan fingerprint density at radius 1 is 0.354 bits per heavy atom. The summed E-state index contributed by atoms with van der Waals surface area (Å²) in [5, 5.41) is 7.67. The smallest absolute Gasteiger partial charge is 0.322 e. The molecule has 3 aliphatic heterocycles. The highest BCUT2D eigenvalue weighted by molar-refractivity contribution is 6.17. The zero-order valence-corrected chi connectivity index (χ0v) is 61.5. The molecule has 3 N–H and O–H groups in total. The summed E-state index contributed by atoms with van der Waals surface area (Å²) >= 11 is 0. The second-order valence-electron chi connectivity index (χ2n) is 28.3. The Labute approximate surface area is 641 Å². The number of nitrogens with one attached hydrogen (secondary N) is 3. The first-order valence-corrected chi connectivity index (χ1v) is 35.1. The van der Waals surface area contributed by atoms with Gasteiger partial charge in [0.05, 0.1) is 72.9 Å². The molecule has 0 fully saturated rings. The maximum Gasteiger partial charge on any atom is 0.417 e. The molecular formula is C86H67F9N12O6. The van der Waals surface area contributed by atoms with Crippen LogP contribution < -0.4 is 30.7 Å². The van der Waals surface area contributed by atoms with Gasteiger partial charge in [0.25, 0.3) is 17.7 Å². The van der Waals surface area contributed by atoms with Crippen LogP contribution in [0.25, 0.3) is 33.4 Å². The zero-order chi connectivity index (χ0) is 80.9. The highest BCUT2D eigenvalue weighted by Gasteiger charge is 2.51.